The minimum absolute atomic E-state index is 0.312. The first kappa shape index (κ1) is 23.4. The number of rotatable bonds is 5. The summed E-state index contributed by atoms with van der Waals surface area (Å²) in [6.07, 6.45) is 1.82. The molecule has 3 heterocycles. The summed E-state index contributed by atoms with van der Waals surface area (Å²) in [4.78, 5) is 6.87. The van der Waals surface area contributed by atoms with Crippen molar-refractivity contribution in [1.82, 2.24) is 9.55 Å². The van der Waals surface area contributed by atoms with E-state index in [1.165, 1.54) is 5.39 Å². The molecule has 194 valence electrons. The van der Waals surface area contributed by atoms with Crippen LogP contribution in [0.1, 0.15) is 0 Å². The van der Waals surface area contributed by atoms with Crippen molar-refractivity contribution >= 4 is 45.7 Å². The molecule has 1 aliphatic heterocycles. The van der Waals surface area contributed by atoms with Crippen LogP contribution in [-0.2, 0) is 0 Å². The maximum Gasteiger partial charge on any atom is 0.524 e. The molecule has 0 unspecified atom stereocenters. The molecule has 5 nitrogen and oxygen atoms in total. The number of benzene rings is 5. The van der Waals surface area contributed by atoms with Crippen molar-refractivity contribution < 1.29 is 9.39 Å². The minimum atomic E-state index is -0.312. The van der Waals surface area contributed by atoms with Crippen molar-refractivity contribution in [1.29, 1.82) is 0 Å². The van der Waals surface area contributed by atoms with Crippen LogP contribution >= 0.6 is 0 Å². The second-order valence-corrected chi connectivity index (χ2v) is 10.0. The van der Waals surface area contributed by atoms with Crippen LogP contribution in [0, 0.1) is 0 Å². The fourth-order valence-electron chi connectivity index (χ4n) is 5.75. The average molecular weight is 529 g/mol. The molecular weight excluding hydrogens is 505 g/mol. The fourth-order valence-corrected chi connectivity index (χ4v) is 5.75. The molecule has 0 aliphatic carbocycles. The van der Waals surface area contributed by atoms with Gasteiger partial charge in [0.15, 0.2) is 0 Å². The van der Waals surface area contributed by atoms with E-state index in [1.54, 1.807) is 0 Å². The Morgan fingerprint density at radius 2 is 1.39 bits per heavy atom. The van der Waals surface area contributed by atoms with Gasteiger partial charge < -0.3 is 14.2 Å². The molecule has 2 aromatic heterocycles. The Labute approximate surface area is 238 Å². The summed E-state index contributed by atoms with van der Waals surface area (Å²) in [6, 6.07) is 47.3. The minimum Gasteiger partial charge on any atom is -0.536 e. The number of pyridine rings is 1. The van der Waals surface area contributed by atoms with Gasteiger partial charge in [-0.1, -0.05) is 66.7 Å². The van der Waals surface area contributed by atoms with Gasteiger partial charge in [-0.15, -0.1) is 0 Å². The van der Waals surface area contributed by atoms with Crippen molar-refractivity contribution in [2.24, 2.45) is 0 Å². The highest BCUT2D eigenvalue weighted by Gasteiger charge is 2.39. The van der Waals surface area contributed by atoms with Crippen LogP contribution in [0.3, 0.4) is 0 Å². The van der Waals surface area contributed by atoms with Gasteiger partial charge in [0.2, 0.25) is 0 Å². The third kappa shape index (κ3) is 4.00. The number of para-hydroxylation sites is 4. The molecule has 0 N–H and O–H groups in total. The molecular formula is C35H24BN3O2. The van der Waals surface area contributed by atoms with Gasteiger partial charge >= 0.3 is 7.05 Å². The molecule has 0 saturated heterocycles. The first-order valence-corrected chi connectivity index (χ1v) is 13.7. The standard InChI is InChI=1S/C35H24BN3O2/c1-2-12-26(13-3-1)39-32-17-6-7-18-34(32)41-36(39)25-11-10-14-27(23-25)40-28-20-21-30-29-15-4-5-16-31(29)38(33(30)24-28)35-19-8-9-22-37-35/h1-24H. The molecule has 8 rings (SSSR count). The number of anilines is 2. The predicted octanol–water partition coefficient (Wildman–Crippen LogP) is 7.90. The first-order valence-electron chi connectivity index (χ1n) is 13.7. The summed E-state index contributed by atoms with van der Waals surface area (Å²) < 4.78 is 15.2. The Hall–Kier alpha value is -5.49. The lowest BCUT2D eigenvalue weighted by Gasteiger charge is -2.22. The topological polar surface area (TPSA) is 39.5 Å². The van der Waals surface area contributed by atoms with Crippen molar-refractivity contribution in [3.63, 3.8) is 0 Å². The van der Waals surface area contributed by atoms with Crippen molar-refractivity contribution in [2.45, 2.75) is 0 Å². The van der Waals surface area contributed by atoms with Gasteiger partial charge in [-0.05, 0) is 72.2 Å². The van der Waals surface area contributed by atoms with E-state index in [9.17, 15) is 0 Å². The third-order valence-electron chi connectivity index (χ3n) is 7.53. The summed E-state index contributed by atoms with van der Waals surface area (Å²) >= 11 is 0. The Morgan fingerprint density at radius 3 is 2.29 bits per heavy atom. The van der Waals surface area contributed by atoms with Crippen LogP contribution in [0.5, 0.6) is 17.2 Å². The highest BCUT2D eigenvalue weighted by molar-refractivity contribution is 6.74. The predicted molar refractivity (Wildman–Crippen MR) is 166 cm³/mol. The lowest BCUT2D eigenvalue weighted by atomic mass is 9.71. The van der Waals surface area contributed by atoms with Crippen LogP contribution < -0.4 is 19.7 Å². The van der Waals surface area contributed by atoms with E-state index >= 15 is 0 Å². The Morgan fingerprint density at radius 1 is 0.610 bits per heavy atom. The molecule has 0 radical (unpaired) electrons. The van der Waals surface area contributed by atoms with Crippen LogP contribution in [0.25, 0.3) is 27.6 Å². The molecule has 6 heteroatoms. The van der Waals surface area contributed by atoms with E-state index in [0.29, 0.717) is 0 Å². The molecule has 1 aliphatic rings. The number of hydrogen-bond donors (Lipinski definition) is 0. The Kier molecular flexibility index (Phi) is 5.49. The molecule has 0 saturated carbocycles. The highest BCUT2D eigenvalue weighted by Crippen LogP contribution is 2.40. The average Bonchev–Trinajstić information content (AvgIpc) is 3.58. The first-order chi connectivity index (χ1) is 20.3. The van der Waals surface area contributed by atoms with E-state index in [4.69, 9.17) is 9.39 Å². The summed E-state index contributed by atoms with van der Waals surface area (Å²) in [5.74, 6) is 3.23. The van der Waals surface area contributed by atoms with Gasteiger partial charge in [-0.3, -0.25) is 4.57 Å². The molecule has 0 amide bonds. The van der Waals surface area contributed by atoms with E-state index < -0.39 is 0 Å². The van der Waals surface area contributed by atoms with Gasteiger partial charge in [-0.2, -0.15) is 0 Å². The Bertz CT molecular complexity index is 2020. The van der Waals surface area contributed by atoms with E-state index in [-0.39, 0.29) is 7.05 Å². The maximum atomic E-state index is 6.48. The van der Waals surface area contributed by atoms with Crippen molar-refractivity contribution in [2.75, 3.05) is 4.81 Å². The molecule has 0 atom stereocenters. The van der Waals surface area contributed by atoms with Crippen LogP contribution in [-0.4, -0.2) is 16.6 Å². The monoisotopic (exact) mass is 529 g/mol. The van der Waals surface area contributed by atoms with Crippen molar-refractivity contribution in [3.8, 4) is 23.1 Å². The van der Waals surface area contributed by atoms with Crippen molar-refractivity contribution in [3.05, 3.63) is 146 Å². The van der Waals surface area contributed by atoms with Gasteiger partial charge in [0.25, 0.3) is 0 Å². The number of fused-ring (bicyclic) bond motifs is 4. The zero-order valence-electron chi connectivity index (χ0n) is 22.1. The SMILES string of the molecule is c1ccc(N2B(c3cccc(Oc4ccc5c6ccccc6n(-c6ccccn6)c5c4)c3)Oc3ccccc32)cc1. The number of nitrogens with zero attached hydrogens (tertiary/aromatic N) is 3. The maximum absolute atomic E-state index is 6.48. The summed E-state index contributed by atoms with van der Waals surface area (Å²) in [7, 11) is -0.312. The number of hydrogen-bond acceptors (Lipinski definition) is 4. The third-order valence-corrected chi connectivity index (χ3v) is 7.53. The second kappa shape index (κ2) is 9.61. The van der Waals surface area contributed by atoms with Crippen LogP contribution in [0.4, 0.5) is 11.4 Å². The molecule has 0 spiro atoms. The highest BCUT2D eigenvalue weighted by atomic mass is 16.5. The number of ether oxygens (including phenoxy) is 1. The molecule has 5 aromatic carbocycles. The summed E-state index contributed by atoms with van der Waals surface area (Å²) in [5.41, 5.74) is 5.28. The van der Waals surface area contributed by atoms with Gasteiger partial charge in [-0.25, -0.2) is 4.98 Å². The van der Waals surface area contributed by atoms with Crippen LogP contribution in [0.2, 0.25) is 0 Å². The molecule has 0 bridgehead atoms. The smallest absolute Gasteiger partial charge is 0.524 e. The van der Waals surface area contributed by atoms with Gasteiger partial charge in [0, 0.05) is 28.7 Å². The van der Waals surface area contributed by atoms with Gasteiger partial charge in [0.05, 0.1) is 16.7 Å². The zero-order valence-corrected chi connectivity index (χ0v) is 22.1. The molecule has 7 aromatic rings. The molecule has 41 heavy (non-hydrogen) atoms. The quantitative estimate of drug-likeness (QED) is 0.213. The fraction of sp³-hybridized carbons (Fsp3) is 0. The summed E-state index contributed by atoms with van der Waals surface area (Å²) in [5, 5.41) is 2.34. The van der Waals surface area contributed by atoms with E-state index in [1.807, 2.05) is 79.0 Å². The lowest BCUT2D eigenvalue weighted by molar-refractivity contribution is 0.483. The summed E-state index contributed by atoms with van der Waals surface area (Å²) in [6.45, 7) is 0. The van der Waals surface area contributed by atoms with E-state index in [0.717, 1.165) is 56.3 Å². The van der Waals surface area contributed by atoms with Crippen LogP contribution in [0.15, 0.2) is 146 Å². The second-order valence-electron chi connectivity index (χ2n) is 10.0. The number of aromatic nitrogens is 2. The van der Waals surface area contributed by atoms with Gasteiger partial charge in [0.1, 0.15) is 23.1 Å². The lowest BCUT2D eigenvalue weighted by Crippen LogP contribution is -2.46. The largest absolute Gasteiger partial charge is 0.536 e. The zero-order chi connectivity index (χ0) is 27.2. The normalized spacial score (nSPS) is 12.5. The van der Waals surface area contributed by atoms with E-state index in [2.05, 4.69) is 81.1 Å². The molecule has 0 fully saturated rings. The Balaban J connectivity index is 1.18.